The molecule has 2 atom stereocenters. The molecule has 1 aliphatic carbocycles. The molecule has 0 radical (unpaired) electrons. The van der Waals surface area contributed by atoms with Crippen molar-refractivity contribution in [1.82, 2.24) is 19.4 Å². The fraction of sp³-hybridized carbons (Fsp3) is 0.414. The summed E-state index contributed by atoms with van der Waals surface area (Å²) in [5, 5.41) is 13.7. The summed E-state index contributed by atoms with van der Waals surface area (Å²) in [6.45, 7) is 3.94. The summed E-state index contributed by atoms with van der Waals surface area (Å²) in [5.74, 6) is -0.135. The zero-order chi connectivity index (χ0) is 29.3. The molecular weight excluding hydrogens is 569 g/mol. The second-order valence-electron chi connectivity index (χ2n) is 10.3. The number of esters is 1. The van der Waals surface area contributed by atoms with Crippen molar-refractivity contribution in [2.75, 3.05) is 18.5 Å². The predicted molar refractivity (Wildman–Crippen MR) is 155 cm³/mol. The van der Waals surface area contributed by atoms with Crippen LogP contribution in [0.15, 0.2) is 41.3 Å². The van der Waals surface area contributed by atoms with E-state index in [1.807, 2.05) is 6.92 Å². The molecule has 3 aromatic rings. The largest absolute Gasteiger partial charge is 0.461 e. The number of anilines is 1. The number of nitrogens with zero attached hydrogens (tertiary/aromatic N) is 4. The minimum absolute atomic E-state index is 0.0113. The quantitative estimate of drug-likeness (QED) is 0.349. The number of aromatic nitrogens is 3. The van der Waals surface area contributed by atoms with Gasteiger partial charge in [0.05, 0.1) is 40.8 Å². The summed E-state index contributed by atoms with van der Waals surface area (Å²) < 4.78 is 6.48. The van der Waals surface area contributed by atoms with Crippen molar-refractivity contribution in [3.8, 4) is 5.69 Å². The Labute approximate surface area is 247 Å². The Hall–Kier alpha value is -3.47. The minimum atomic E-state index is -0.550. The van der Waals surface area contributed by atoms with Crippen LogP contribution < -0.4 is 10.9 Å². The molecule has 1 aliphatic heterocycles. The standard InChI is InChI=1S/C29H31Cl2N5O5/c1-3-41-28(40)24-9-7-19(14-32-24)36-27(39)20-12-16(2)35(26(38)18-6-8-21(30)22(31)13-18)15-25(20)34-29(36)33-23(10-11-37)17-4-5-17/h6-9,13-14,16-17,23,37H,3-5,10-12,15H2,1-2H3,(H,33,34)/t16-,23?/m1/s1. The zero-order valence-corrected chi connectivity index (χ0v) is 24.3. The van der Waals surface area contributed by atoms with Crippen molar-refractivity contribution in [3.05, 3.63) is 79.4 Å². The molecule has 1 saturated carbocycles. The number of hydrogen-bond donors (Lipinski definition) is 2. The number of nitrogens with one attached hydrogen (secondary N) is 1. The fourth-order valence-electron chi connectivity index (χ4n) is 5.14. The lowest BCUT2D eigenvalue weighted by molar-refractivity contribution is 0.0519. The first-order valence-electron chi connectivity index (χ1n) is 13.6. The fourth-order valence-corrected chi connectivity index (χ4v) is 5.43. The highest BCUT2D eigenvalue weighted by Crippen LogP contribution is 2.36. The molecule has 12 heteroatoms. The van der Waals surface area contributed by atoms with E-state index in [0.29, 0.717) is 52.2 Å². The van der Waals surface area contributed by atoms with E-state index in [-0.39, 0.29) is 54.0 Å². The molecular formula is C29H31Cl2N5O5. The van der Waals surface area contributed by atoms with Crippen LogP contribution in [0.5, 0.6) is 0 Å². The van der Waals surface area contributed by atoms with Crippen LogP contribution in [0.4, 0.5) is 5.95 Å². The van der Waals surface area contributed by atoms with Gasteiger partial charge in [-0.25, -0.2) is 19.3 Å². The molecule has 1 aromatic carbocycles. The first kappa shape index (κ1) is 29.0. The average molecular weight is 601 g/mol. The smallest absolute Gasteiger partial charge is 0.356 e. The van der Waals surface area contributed by atoms with Gasteiger partial charge < -0.3 is 20.1 Å². The van der Waals surface area contributed by atoms with Gasteiger partial charge in [-0.2, -0.15) is 0 Å². The van der Waals surface area contributed by atoms with Crippen LogP contribution in [0.3, 0.4) is 0 Å². The van der Waals surface area contributed by atoms with Gasteiger partial charge >= 0.3 is 5.97 Å². The molecule has 216 valence electrons. The topological polar surface area (TPSA) is 127 Å². The van der Waals surface area contributed by atoms with Crippen LogP contribution in [-0.2, 0) is 17.7 Å². The van der Waals surface area contributed by atoms with Crippen LogP contribution in [0, 0.1) is 5.92 Å². The van der Waals surface area contributed by atoms with E-state index in [1.165, 1.54) is 22.9 Å². The molecule has 1 amide bonds. The molecule has 1 unspecified atom stereocenters. The number of aliphatic hydroxyl groups is 1. The number of halogens is 2. The lowest BCUT2D eigenvalue weighted by atomic mass is 9.98. The number of pyridine rings is 1. The summed E-state index contributed by atoms with van der Waals surface area (Å²) in [4.78, 5) is 50.4. The van der Waals surface area contributed by atoms with Gasteiger partial charge in [-0.05, 0) is 75.8 Å². The second kappa shape index (κ2) is 12.2. The maximum atomic E-state index is 14.0. The van der Waals surface area contributed by atoms with Crippen molar-refractivity contribution < 1.29 is 19.4 Å². The first-order valence-corrected chi connectivity index (χ1v) is 14.4. The van der Waals surface area contributed by atoms with Gasteiger partial charge in [-0.3, -0.25) is 9.59 Å². The van der Waals surface area contributed by atoms with Gasteiger partial charge in [-0.15, -0.1) is 0 Å². The molecule has 0 saturated heterocycles. The van der Waals surface area contributed by atoms with Crippen LogP contribution in [0.25, 0.3) is 5.69 Å². The van der Waals surface area contributed by atoms with Gasteiger partial charge in [0, 0.05) is 29.8 Å². The maximum absolute atomic E-state index is 14.0. The summed E-state index contributed by atoms with van der Waals surface area (Å²) in [6, 6.07) is 7.51. The highest BCUT2D eigenvalue weighted by atomic mass is 35.5. The number of rotatable bonds is 9. The number of fused-ring (bicyclic) bond motifs is 1. The van der Waals surface area contributed by atoms with Gasteiger partial charge in [-0.1, -0.05) is 23.2 Å². The maximum Gasteiger partial charge on any atom is 0.356 e. The number of carbonyl (C=O) groups is 2. The normalized spacial score (nSPS) is 17.1. The Morgan fingerprint density at radius 1 is 1.20 bits per heavy atom. The first-order chi connectivity index (χ1) is 19.7. The van der Waals surface area contributed by atoms with Gasteiger partial charge in [0.15, 0.2) is 0 Å². The van der Waals surface area contributed by atoms with Crippen LogP contribution >= 0.6 is 23.2 Å². The van der Waals surface area contributed by atoms with E-state index in [0.717, 1.165) is 12.8 Å². The number of amides is 1. The number of ether oxygens (including phenoxy) is 1. The lowest BCUT2D eigenvalue weighted by Crippen LogP contribution is -2.46. The average Bonchev–Trinajstić information content (AvgIpc) is 3.80. The molecule has 0 bridgehead atoms. The molecule has 5 rings (SSSR count). The van der Waals surface area contributed by atoms with E-state index in [2.05, 4.69) is 10.3 Å². The van der Waals surface area contributed by atoms with Gasteiger partial charge in [0.1, 0.15) is 5.69 Å². The molecule has 41 heavy (non-hydrogen) atoms. The van der Waals surface area contributed by atoms with E-state index in [9.17, 15) is 19.5 Å². The molecule has 1 fully saturated rings. The third-order valence-corrected chi connectivity index (χ3v) is 8.22. The SMILES string of the molecule is CCOC(=O)c1ccc(-n2c(NC(CCO)C3CC3)nc3c(c2=O)C[C@@H](C)N(C(=O)c2ccc(Cl)c(Cl)c2)C3)cn1. The van der Waals surface area contributed by atoms with Crippen molar-refractivity contribution in [2.24, 2.45) is 5.92 Å². The summed E-state index contributed by atoms with van der Waals surface area (Å²) in [7, 11) is 0. The number of aliphatic hydroxyl groups excluding tert-OH is 1. The summed E-state index contributed by atoms with van der Waals surface area (Å²) >= 11 is 12.2. The van der Waals surface area contributed by atoms with Crippen molar-refractivity contribution in [1.29, 1.82) is 0 Å². The molecule has 10 nitrogen and oxygen atoms in total. The third-order valence-electron chi connectivity index (χ3n) is 7.48. The summed E-state index contributed by atoms with van der Waals surface area (Å²) in [5.41, 5.74) is 1.67. The van der Waals surface area contributed by atoms with Crippen molar-refractivity contribution in [2.45, 2.75) is 58.2 Å². The van der Waals surface area contributed by atoms with E-state index >= 15 is 0 Å². The van der Waals surface area contributed by atoms with E-state index in [1.54, 1.807) is 30.0 Å². The van der Waals surface area contributed by atoms with Crippen LogP contribution in [0.1, 0.15) is 65.2 Å². The van der Waals surface area contributed by atoms with Crippen LogP contribution in [0.2, 0.25) is 10.0 Å². The molecule has 0 spiro atoms. The number of benzene rings is 1. The minimum Gasteiger partial charge on any atom is -0.461 e. The van der Waals surface area contributed by atoms with Gasteiger partial charge in [0.2, 0.25) is 5.95 Å². The molecule has 2 N–H and O–H groups in total. The lowest BCUT2D eigenvalue weighted by Gasteiger charge is -2.35. The Morgan fingerprint density at radius 3 is 2.61 bits per heavy atom. The second-order valence-corrected chi connectivity index (χ2v) is 11.2. The Kier molecular flexibility index (Phi) is 8.63. The van der Waals surface area contributed by atoms with Crippen LogP contribution in [-0.4, -0.2) is 61.7 Å². The van der Waals surface area contributed by atoms with E-state index < -0.39 is 5.97 Å². The Balaban J connectivity index is 1.55. The predicted octanol–water partition coefficient (Wildman–Crippen LogP) is 4.27. The summed E-state index contributed by atoms with van der Waals surface area (Å²) in [6.07, 6.45) is 4.28. The number of hydrogen-bond acceptors (Lipinski definition) is 8. The number of carbonyl (C=O) groups excluding carboxylic acids is 2. The Bertz CT molecular complexity index is 1520. The Morgan fingerprint density at radius 2 is 1.98 bits per heavy atom. The van der Waals surface area contributed by atoms with E-state index in [4.69, 9.17) is 32.9 Å². The third kappa shape index (κ3) is 6.10. The van der Waals surface area contributed by atoms with Gasteiger partial charge in [0.25, 0.3) is 11.5 Å². The molecule has 2 aliphatic rings. The molecule has 3 heterocycles. The monoisotopic (exact) mass is 599 g/mol. The highest BCUT2D eigenvalue weighted by Gasteiger charge is 2.35. The van der Waals surface area contributed by atoms with Crippen molar-refractivity contribution in [3.63, 3.8) is 0 Å². The zero-order valence-electron chi connectivity index (χ0n) is 22.8. The molecule has 2 aromatic heterocycles. The van der Waals surface area contributed by atoms with Crippen molar-refractivity contribution >= 4 is 41.0 Å². The highest BCUT2D eigenvalue weighted by molar-refractivity contribution is 6.42.